The maximum Gasteiger partial charge on any atom is 0.213 e. The van der Waals surface area contributed by atoms with Gasteiger partial charge in [-0.3, -0.25) is 4.90 Å². The summed E-state index contributed by atoms with van der Waals surface area (Å²) in [5.41, 5.74) is 1.00. The summed E-state index contributed by atoms with van der Waals surface area (Å²) in [6, 6.07) is 2.92. The standard InChI is InChI=1S/C15H26ClN3O/c1-11(2)19(12(3)4)6-7-20-15-8-13(9-17-5)14(16)10-18-15/h8,10-12,17H,6-7,9H2,1-5H3. The molecule has 0 radical (unpaired) electrons. The van der Waals surface area contributed by atoms with Gasteiger partial charge in [-0.1, -0.05) is 11.6 Å². The average Bonchev–Trinajstić information content (AvgIpc) is 2.37. The maximum atomic E-state index is 6.08. The van der Waals surface area contributed by atoms with Gasteiger partial charge in [-0.05, 0) is 40.3 Å². The van der Waals surface area contributed by atoms with Crippen LogP contribution in [0.1, 0.15) is 33.3 Å². The van der Waals surface area contributed by atoms with E-state index in [1.807, 2.05) is 13.1 Å². The second-order valence-electron chi connectivity index (χ2n) is 5.42. The van der Waals surface area contributed by atoms with Gasteiger partial charge in [-0.25, -0.2) is 4.98 Å². The third-order valence-corrected chi connectivity index (χ3v) is 3.54. The van der Waals surface area contributed by atoms with E-state index in [1.165, 1.54) is 0 Å². The van der Waals surface area contributed by atoms with E-state index in [-0.39, 0.29) is 0 Å². The van der Waals surface area contributed by atoms with Gasteiger partial charge in [0.2, 0.25) is 5.88 Å². The molecule has 0 aliphatic rings. The van der Waals surface area contributed by atoms with Crippen molar-refractivity contribution in [1.29, 1.82) is 0 Å². The van der Waals surface area contributed by atoms with Crippen LogP contribution >= 0.6 is 11.6 Å². The van der Waals surface area contributed by atoms with Gasteiger partial charge in [0, 0.05) is 37.4 Å². The van der Waals surface area contributed by atoms with E-state index in [2.05, 4.69) is 42.9 Å². The Morgan fingerprint density at radius 1 is 1.30 bits per heavy atom. The fraction of sp³-hybridized carbons (Fsp3) is 0.667. The second-order valence-corrected chi connectivity index (χ2v) is 5.83. The molecule has 1 aromatic rings. The van der Waals surface area contributed by atoms with Gasteiger partial charge in [0.05, 0.1) is 5.02 Å². The summed E-state index contributed by atoms with van der Waals surface area (Å²) in [4.78, 5) is 6.60. The molecule has 0 aromatic carbocycles. The molecule has 0 unspecified atom stereocenters. The number of halogens is 1. The summed E-state index contributed by atoms with van der Waals surface area (Å²) < 4.78 is 5.74. The number of rotatable bonds is 8. The first-order valence-electron chi connectivity index (χ1n) is 7.13. The lowest BCUT2D eigenvalue weighted by atomic mass is 10.2. The molecule has 0 spiro atoms. The maximum absolute atomic E-state index is 6.08. The Labute approximate surface area is 127 Å². The predicted molar refractivity (Wildman–Crippen MR) is 84.5 cm³/mol. The Morgan fingerprint density at radius 2 is 1.95 bits per heavy atom. The highest BCUT2D eigenvalue weighted by atomic mass is 35.5. The number of nitrogens with zero attached hydrogens (tertiary/aromatic N) is 2. The normalized spacial score (nSPS) is 11.7. The number of ether oxygens (including phenoxy) is 1. The lowest BCUT2D eigenvalue weighted by molar-refractivity contribution is 0.140. The minimum atomic E-state index is 0.511. The summed E-state index contributed by atoms with van der Waals surface area (Å²) in [6.45, 7) is 11.0. The van der Waals surface area contributed by atoms with Crippen molar-refractivity contribution in [1.82, 2.24) is 15.2 Å². The molecular weight excluding hydrogens is 274 g/mol. The second kappa shape index (κ2) is 8.45. The summed E-state index contributed by atoms with van der Waals surface area (Å²) in [5, 5.41) is 3.74. The summed E-state index contributed by atoms with van der Waals surface area (Å²) >= 11 is 6.08. The van der Waals surface area contributed by atoms with Crippen molar-refractivity contribution in [3.8, 4) is 5.88 Å². The molecule has 0 aliphatic heterocycles. The SMILES string of the molecule is CNCc1cc(OCCN(C(C)C)C(C)C)ncc1Cl. The van der Waals surface area contributed by atoms with E-state index in [0.29, 0.717) is 36.1 Å². The van der Waals surface area contributed by atoms with Crippen LogP contribution in [0.5, 0.6) is 5.88 Å². The lowest BCUT2D eigenvalue weighted by Gasteiger charge is -2.30. The third-order valence-electron chi connectivity index (χ3n) is 3.20. The Balaban J connectivity index is 2.55. The van der Waals surface area contributed by atoms with E-state index < -0.39 is 0 Å². The molecule has 4 nitrogen and oxygen atoms in total. The van der Waals surface area contributed by atoms with Crippen molar-refractivity contribution in [2.24, 2.45) is 0 Å². The molecule has 1 heterocycles. The van der Waals surface area contributed by atoms with E-state index in [9.17, 15) is 0 Å². The Hall–Kier alpha value is -0.840. The first kappa shape index (κ1) is 17.2. The number of hydrogen-bond acceptors (Lipinski definition) is 4. The van der Waals surface area contributed by atoms with Crippen LogP contribution in [0.2, 0.25) is 5.02 Å². The zero-order valence-electron chi connectivity index (χ0n) is 13.1. The fourth-order valence-corrected chi connectivity index (χ4v) is 2.40. The van der Waals surface area contributed by atoms with Crippen LogP contribution in [-0.2, 0) is 6.54 Å². The zero-order chi connectivity index (χ0) is 15.1. The average molecular weight is 300 g/mol. The van der Waals surface area contributed by atoms with E-state index in [4.69, 9.17) is 16.3 Å². The monoisotopic (exact) mass is 299 g/mol. The van der Waals surface area contributed by atoms with Crippen LogP contribution in [-0.4, -0.2) is 42.2 Å². The van der Waals surface area contributed by atoms with Crippen LogP contribution in [0.3, 0.4) is 0 Å². The lowest BCUT2D eigenvalue weighted by Crippen LogP contribution is -2.39. The molecule has 0 saturated heterocycles. The minimum Gasteiger partial charge on any atom is -0.476 e. The first-order valence-corrected chi connectivity index (χ1v) is 7.51. The molecule has 1 N–H and O–H groups in total. The molecule has 0 atom stereocenters. The summed E-state index contributed by atoms with van der Waals surface area (Å²) in [7, 11) is 1.89. The van der Waals surface area contributed by atoms with E-state index >= 15 is 0 Å². The number of hydrogen-bond donors (Lipinski definition) is 1. The van der Waals surface area contributed by atoms with Gasteiger partial charge in [-0.15, -0.1) is 0 Å². The molecule has 0 fully saturated rings. The van der Waals surface area contributed by atoms with Crippen molar-refractivity contribution >= 4 is 11.6 Å². The van der Waals surface area contributed by atoms with Gasteiger partial charge in [-0.2, -0.15) is 0 Å². The van der Waals surface area contributed by atoms with Crippen LogP contribution in [0, 0.1) is 0 Å². The van der Waals surface area contributed by atoms with Crippen LogP contribution in [0.4, 0.5) is 0 Å². The van der Waals surface area contributed by atoms with Crippen LogP contribution < -0.4 is 10.1 Å². The van der Waals surface area contributed by atoms with Crippen molar-refractivity contribution < 1.29 is 4.74 Å². The number of pyridine rings is 1. The van der Waals surface area contributed by atoms with E-state index in [1.54, 1.807) is 6.20 Å². The van der Waals surface area contributed by atoms with Gasteiger partial charge >= 0.3 is 0 Å². The Morgan fingerprint density at radius 3 is 2.50 bits per heavy atom. The fourth-order valence-electron chi connectivity index (χ4n) is 2.23. The largest absolute Gasteiger partial charge is 0.476 e. The highest BCUT2D eigenvalue weighted by molar-refractivity contribution is 6.31. The molecule has 114 valence electrons. The number of aromatic nitrogens is 1. The number of nitrogens with one attached hydrogen (secondary N) is 1. The molecular formula is C15H26ClN3O. The Kier molecular flexibility index (Phi) is 7.27. The Bertz CT molecular complexity index is 402. The van der Waals surface area contributed by atoms with Gasteiger partial charge in [0.15, 0.2) is 0 Å². The van der Waals surface area contributed by atoms with Crippen molar-refractivity contribution in [2.45, 2.75) is 46.3 Å². The van der Waals surface area contributed by atoms with Crippen LogP contribution in [0.15, 0.2) is 12.3 Å². The molecule has 1 rings (SSSR count). The molecule has 0 amide bonds. The van der Waals surface area contributed by atoms with Crippen LogP contribution in [0.25, 0.3) is 0 Å². The van der Waals surface area contributed by atoms with Gasteiger partial charge < -0.3 is 10.1 Å². The van der Waals surface area contributed by atoms with Gasteiger partial charge in [0.25, 0.3) is 0 Å². The van der Waals surface area contributed by atoms with Crippen molar-refractivity contribution in [3.63, 3.8) is 0 Å². The zero-order valence-corrected chi connectivity index (χ0v) is 13.9. The third kappa shape index (κ3) is 5.27. The molecule has 0 saturated carbocycles. The molecule has 0 bridgehead atoms. The topological polar surface area (TPSA) is 37.4 Å². The molecule has 0 aliphatic carbocycles. The molecule has 5 heteroatoms. The molecule has 20 heavy (non-hydrogen) atoms. The summed E-state index contributed by atoms with van der Waals surface area (Å²) in [5.74, 6) is 0.632. The highest BCUT2D eigenvalue weighted by Gasteiger charge is 2.13. The first-order chi connectivity index (χ1) is 9.45. The molecule has 1 aromatic heterocycles. The van der Waals surface area contributed by atoms with Gasteiger partial charge in [0.1, 0.15) is 6.61 Å². The smallest absolute Gasteiger partial charge is 0.213 e. The quantitative estimate of drug-likeness (QED) is 0.801. The predicted octanol–water partition coefficient (Wildman–Crippen LogP) is 2.95. The van der Waals surface area contributed by atoms with Crippen molar-refractivity contribution in [3.05, 3.63) is 22.8 Å². The summed E-state index contributed by atoms with van der Waals surface area (Å²) in [6.07, 6.45) is 1.65. The van der Waals surface area contributed by atoms with E-state index in [0.717, 1.165) is 12.1 Å². The highest BCUT2D eigenvalue weighted by Crippen LogP contribution is 2.19. The van der Waals surface area contributed by atoms with Crippen molar-refractivity contribution in [2.75, 3.05) is 20.2 Å². The minimum absolute atomic E-state index is 0.511.